The number of hydrogen-bond donors (Lipinski definition) is 1. The molecule has 1 saturated carbocycles. The van der Waals surface area contributed by atoms with Gasteiger partial charge in [0.25, 0.3) is 0 Å². The third-order valence-electron chi connectivity index (χ3n) is 10.9. The second-order valence-corrected chi connectivity index (χ2v) is 14.9. The number of nitrogens with zero attached hydrogens (tertiary/aromatic N) is 2. The minimum absolute atomic E-state index is 0.0837. The average molecular weight is 614 g/mol. The van der Waals surface area contributed by atoms with Gasteiger partial charge in [0.2, 0.25) is 5.91 Å². The van der Waals surface area contributed by atoms with Crippen molar-refractivity contribution in [3.63, 3.8) is 0 Å². The number of carbonyl (C=O) groups excluding carboxylic acids is 2. The Morgan fingerprint density at radius 1 is 0.867 bits per heavy atom. The maximum atomic E-state index is 14.2. The monoisotopic (exact) mass is 613 g/mol. The Labute approximate surface area is 273 Å². The summed E-state index contributed by atoms with van der Waals surface area (Å²) in [5.74, 6) is 2.08. The Hall–Kier alpha value is -2.66. The fourth-order valence-electron chi connectivity index (χ4n) is 8.49. The number of carbonyl (C=O) groups is 2. The van der Waals surface area contributed by atoms with E-state index in [9.17, 15) is 9.59 Å². The lowest BCUT2D eigenvalue weighted by Crippen LogP contribution is -2.58. The Morgan fingerprint density at radius 2 is 1.62 bits per heavy atom. The molecule has 246 valence electrons. The summed E-state index contributed by atoms with van der Waals surface area (Å²) in [5.41, 5.74) is 3.82. The predicted molar refractivity (Wildman–Crippen MR) is 186 cm³/mol. The van der Waals surface area contributed by atoms with Crippen LogP contribution in [0.1, 0.15) is 122 Å². The van der Waals surface area contributed by atoms with Crippen LogP contribution in [0.4, 0.5) is 5.69 Å². The van der Waals surface area contributed by atoms with Crippen molar-refractivity contribution in [1.29, 1.82) is 0 Å². The van der Waals surface area contributed by atoms with Crippen molar-refractivity contribution in [1.82, 2.24) is 9.80 Å². The minimum Gasteiger partial charge on any atom is -0.369 e. The molecule has 1 N–H and O–H groups in total. The molecule has 1 amide bonds. The fraction of sp³-hybridized carbons (Fsp3) is 0.650. The molecule has 5 rings (SSSR count). The lowest BCUT2D eigenvalue weighted by atomic mass is 9.80. The van der Waals surface area contributed by atoms with Crippen molar-refractivity contribution >= 4 is 17.4 Å². The van der Waals surface area contributed by atoms with Crippen LogP contribution in [0.15, 0.2) is 54.6 Å². The van der Waals surface area contributed by atoms with E-state index in [0.29, 0.717) is 37.0 Å². The van der Waals surface area contributed by atoms with Crippen LogP contribution in [0.25, 0.3) is 0 Å². The third kappa shape index (κ3) is 8.78. The molecule has 1 aliphatic carbocycles. The van der Waals surface area contributed by atoms with Crippen molar-refractivity contribution in [3.05, 3.63) is 65.7 Å². The molecule has 0 spiro atoms. The van der Waals surface area contributed by atoms with Gasteiger partial charge in [-0.25, -0.2) is 0 Å². The highest BCUT2D eigenvalue weighted by atomic mass is 16.2. The van der Waals surface area contributed by atoms with Crippen LogP contribution in [0.3, 0.4) is 0 Å². The molecule has 6 atom stereocenters. The molecule has 2 aromatic carbocycles. The van der Waals surface area contributed by atoms with E-state index in [1.54, 1.807) is 0 Å². The summed E-state index contributed by atoms with van der Waals surface area (Å²) >= 11 is 0. The van der Waals surface area contributed by atoms with E-state index in [1.807, 2.05) is 13.0 Å². The number of fused-ring (bicyclic) bond motifs is 1. The number of rotatable bonds is 9. The lowest BCUT2D eigenvalue weighted by molar-refractivity contribution is -0.145. The number of hydrogen-bond acceptors (Lipinski definition) is 4. The van der Waals surface area contributed by atoms with Crippen LogP contribution < -0.4 is 5.32 Å². The van der Waals surface area contributed by atoms with E-state index in [2.05, 4.69) is 84.4 Å². The average Bonchev–Trinajstić information content (AvgIpc) is 3.19. The van der Waals surface area contributed by atoms with Crippen molar-refractivity contribution in [2.45, 2.75) is 129 Å². The number of Topliss-reactive ketones (excluding diaryl/α,β-unsaturated/α-hetero) is 1. The first kappa shape index (κ1) is 33.7. The number of para-hydroxylation sites is 1. The van der Waals surface area contributed by atoms with E-state index >= 15 is 0 Å². The molecule has 2 saturated heterocycles. The topological polar surface area (TPSA) is 52.7 Å². The quantitative estimate of drug-likeness (QED) is 0.307. The second-order valence-electron chi connectivity index (χ2n) is 14.9. The number of nitrogens with one attached hydrogen (secondary N) is 1. The van der Waals surface area contributed by atoms with Crippen molar-refractivity contribution in [2.24, 2.45) is 23.7 Å². The van der Waals surface area contributed by atoms with E-state index in [4.69, 9.17) is 0 Å². The zero-order valence-electron chi connectivity index (χ0n) is 28.6. The zero-order chi connectivity index (χ0) is 31.8. The summed E-state index contributed by atoms with van der Waals surface area (Å²) in [7, 11) is 0. The van der Waals surface area contributed by atoms with Gasteiger partial charge in [-0.3, -0.25) is 14.5 Å². The van der Waals surface area contributed by atoms with Crippen LogP contribution >= 0.6 is 0 Å². The maximum absolute atomic E-state index is 14.2. The summed E-state index contributed by atoms with van der Waals surface area (Å²) in [4.78, 5) is 32.6. The number of benzene rings is 2. The molecule has 45 heavy (non-hydrogen) atoms. The Balaban J connectivity index is 1.40. The van der Waals surface area contributed by atoms with Crippen LogP contribution in [0.5, 0.6) is 0 Å². The molecule has 3 aliphatic rings. The Kier molecular flexibility index (Phi) is 12.2. The van der Waals surface area contributed by atoms with Gasteiger partial charge in [-0.1, -0.05) is 102 Å². The van der Waals surface area contributed by atoms with Crippen LogP contribution in [-0.4, -0.2) is 46.8 Å². The van der Waals surface area contributed by atoms with Gasteiger partial charge < -0.3 is 10.2 Å². The summed E-state index contributed by atoms with van der Waals surface area (Å²) in [6.45, 7) is 11.1. The van der Waals surface area contributed by atoms with Gasteiger partial charge >= 0.3 is 0 Å². The molecule has 0 radical (unpaired) electrons. The van der Waals surface area contributed by atoms with Crippen molar-refractivity contribution in [2.75, 3.05) is 18.4 Å². The van der Waals surface area contributed by atoms with Gasteiger partial charge in [0.1, 0.15) is 5.78 Å². The smallest absolute Gasteiger partial charge is 0.225 e. The highest BCUT2D eigenvalue weighted by Gasteiger charge is 2.46. The molecule has 2 heterocycles. The fourth-order valence-corrected chi connectivity index (χ4v) is 8.49. The van der Waals surface area contributed by atoms with Crippen molar-refractivity contribution in [3.8, 4) is 0 Å². The van der Waals surface area contributed by atoms with Crippen LogP contribution in [-0.2, 0) is 16.1 Å². The van der Waals surface area contributed by atoms with Gasteiger partial charge in [0.05, 0.1) is 12.1 Å². The lowest BCUT2D eigenvalue weighted by Gasteiger charge is -2.44. The first-order chi connectivity index (χ1) is 21.8. The van der Waals surface area contributed by atoms with E-state index in [1.165, 1.54) is 62.5 Å². The summed E-state index contributed by atoms with van der Waals surface area (Å²) in [6.07, 6.45) is 13.6. The first-order valence-electron chi connectivity index (χ1n) is 18.3. The highest BCUT2D eigenvalue weighted by Crippen LogP contribution is 2.37. The van der Waals surface area contributed by atoms with Gasteiger partial charge in [-0.15, -0.1) is 0 Å². The predicted octanol–water partition coefficient (Wildman–Crippen LogP) is 9.04. The molecule has 2 aliphatic heterocycles. The standard InChI is InChI=1S/C40H59N3O2/c1-5-12-31-13-9-10-14-33(22-19-31)34-23-20-32(21-24-34)28-42-26-11-17-36-38(39(42)41-35-15-7-6-8-16-35)37(44)25-18-30(4)40(45)43(36)27-29(2)3/h6-8,15-16,20-21,23-24,29-31,33,36,38-39,41H,5,9-14,17-19,22,25-28H2,1-4H3. The maximum Gasteiger partial charge on any atom is 0.225 e. The van der Waals surface area contributed by atoms with Gasteiger partial charge in [0, 0.05) is 43.7 Å². The van der Waals surface area contributed by atoms with E-state index in [-0.39, 0.29) is 30.0 Å². The summed E-state index contributed by atoms with van der Waals surface area (Å²) in [6, 6.07) is 19.7. The van der Waals surface area contributed by atoms with E-state index < -0.39 is 0 Å². The molecule has 5 nitrogen and oxygen atoms in total. The molecule has 5 heteroatoms. The van der Waals surface area contributed by atoms with Crippen molar-refractivity contribution < 1.29 is 9.59 Å². The van der Waals surface area contributed by atoms with Crippen LogP contribution in [0, 0.1) is 23.7 Å². The summed E-state index contributed by atoms with van der Waals surface area (Å²) in [5, 5.41) is 3.83. The Bertz CT molecular complexity index is 1210. The largest absolute Gasteiger partial charge is 0.369 e. The molecular formula is C40H59N3O2. The number of anilines is 1. The summed E-state index contributed by atoms with van der Waals surface area (Å²) < 4.78 is 0. The van der Waals surface area contributed by atoms with Gasteiger partial charge in [-0.05, 0) is 79.5 Å². The SMILES string of the molecule is CCCC1CCCCC(c2ccc(CN3CCCC4C(C(=O)CCC(C)C(=O)N4CC(C)C)C3Nc3ccccc3)cc2)CC1. The number of ketones is 1. The van der Waals surface area contributed by atoms with Gasteiger partial charge in [-0.2, -0.15) is 0 Å². The number of amides is 1. The molecule has 6 unspecified atom stereocenters. The zero-order valence-corrected chi connectivity index (χ0v) is 28.6. The number of likely N-dealkylation sites (tertiary alicyclic amines) is 2. The molecule has 2 aromatic rings. The third-order valence-corrected chi connectivity index (χ3v) is 10.9. The van der Waals surface area contributed by atoms with Crippen LogP contribution in [0.2, 0.25) is 0 Å². The minimum atomic E-state index is -0.270. The first-order valence-corrected chi connectivity index (χ1v) is 18.3. The normalized spacial score (nSPS) is 28.9. The van der Waals surface area contributed by atoms with Gasteiger partial charge in [0.15, 0.2) is 0 Å². The molecule has 0 aromatic heterocycles. The highest BCUT2D eigenvalue weighted by molar-refractivity contribution is 5.87. The molecule has 3 fully saturated rings. The van der Waals surface area contributed by atoms with E-state index in [0.717, 1.165) is 37.5 Å². The Morgan fingerprint density at radius 3 is 2.36 bits per heavy atom. The molecular weight excluding hydrogens is 554 g/mol. The molecule has 0 bridgehead atoms. The second kappa shape index (κ2) is 16.3.